The van der Waals surface area contributed by atoms with Crippen LogP contribution >= 0.6 is 11.3 Å². The van der Waals surface area contributed by atoms with Gasteiger partial charge in [0.05, 0.1) is 18.4 Å². The molecule has 148 valence electrons. The molecule has 2 aromatic heterocycles. The molecular weight excluding hydrogens is 410 g/mol. The van der Waals surface area contributed by atoms with E-state index in [2.05, 4.69) is 9.97 Å². The van der Waals surface area contributed by atoms with E-state index in [9.17, 15) is 13.2 Å². The third-order valence-corrected chi connectivity index (χ3v) is 5.40. The summed E-state index contributed by atoms with van der Waals surface area (Å²) in [7, 11) is -3.70. The van der Waals surface area contributed by atoms with Crippen molar-refractivity contribution in [1.29, 1.82) is 5.26 Å². The summed E-state index contributed by atoms with van der Waals surface area (Å²) in [6.45, 7) is 2.13. The van der Waals surface area contributed by atoms with Gasteiger partial charge in [0.2, 0.25) is 10.0 Å². The molecule has 1 aromatic carbocycles. The lowest BCUT2D eigenvalue weighted by atomic mass is 10.2. The largest absolute Gasteiger partial charge is 0.298 e. The normalized spacial score (nSPS) is 10.9. The van der Waals surface area contributed by atoms with E-state index in [-0.39, 0.29) is 5.69 Å². The first-order chi connectivity index (χ1) is 13.8. The maximum absolute atomic E-state index is 12.3. The van der Waals surface area contributed by atoms with Gasteiger partial charge in [-0.1, -0.05) is 30.3 Å². The molecule has 3 rings (SSSR count). The van der Waals surface area contributed by atoms with Crippen molar-refractivity contribution in [2.75, 3.05) is 11.2 Å². The van der Waals surface area contributed by atoms with Crippen LogP contribution in [-0.4, -0.2) is 30.5 Å². The molecule has 0 bridgehead atoms. The van der Waals surface area contributed by atoms with Gasteiger partial charge in [-0.3, -0.25) is 9.69 Å². The lowest BCUT2D eigenvalue weighted by molar-refractivity contribution is 0.0977. The third kappa shape index (κ3) is 5.16. The number of nitrogens with zero attached hydrogens (tertiary/aromatic N) is 4. The first-order valence-electron chi connectivity index (χ1n) is 8.44. The van der Waals surface area contributed by atoms with Crippen LogP contribution in [0.5, 0.6) is 0 Å². The van der Waals surface area contributed by atoms with Gasteiger partial charge in [-0.05, 0) is 24.6 Å². The van der Waals surface area contributed by atoms with Gasteiger partial charge in [0.1, 0.15) is 17.6 Å². The van der Waals surface area contributed by atoms with Crippen LogP contribution in [0, 0.1) is 18.3 Å². The average molecular weight is 428 g/mol. The van der Waals surface area contributed by atoms with Gasteiger partial charge in [0.25, 0.3) is 5.91 Å². The molecular formula is C19H17N5O3S2. The maximum Gasteiger partial charge on any atom is 0.284 e. The summed E-state index contributed by atoms with van der Waals surface area (Å²) >= 11 is 1.25. The molecule has 2 heterocycles. The van der Waals surface area contributed by atoms with Crippen molar-refractivity contribution in [2.24, 2.45) is 0 Å². The van der Waals surface area contributed by atoms with E-state index < -0.39 is 15.9 Å². The zero-order chi connectivity index (χ0) is 21.0. The lowest BCUT2D eigenvalue weighted by Gasteiger charge is -2.21. The van der Waals surface area contributed by atoms with Gasteiger partial charge < -0.3 is 0 Å². The van der Waals surface area contributed by atoms with Crippen LogP contribution in [0.1, 0.15) is 26.5 Å². The van der Waals surface area contributed by atoms with Crippen LogP contribution in [0.25, 0.3) is 0 Å². The van der Waals surface area contributed by atoms with Crippen LogP contribution in [0.3, 0.4) is 0 Å². The second kappa shape index (κ2) is 8.38. The Labute approximate surface area is 172 Å². The number of aromatic nitrogens is 2. The SMILES string of the molecule is Cc1sc(N(Cc2ccccc2)c2ccc(C#N)cn2)nc1C(=O)NS(C)(=O)=O. The number of amides is 1. The molecule has 0 atom stereocenters. The number of aryl methyl sites for hydroxylation is 1. The Balaban J connectivity index is 2.00. The third-order valence-electron chi connectivity index (χ3n) is 3.85. The van der Waals surface area contributed by atoms with E-state index in [1.807, 2.05) is 46.0 Å². The molecule has 0 unspecified atom stereocenters. The van der Waals surface area contributed by atoms with Crippen molar-refractivity contribution in [3.63, 3.8) is 0 Å². The molecule has 0 aliphatic carbocycles. The van der Waals surface area contributed by atoms with E-state index in [0.717, 1.165) is 11.8 Å². The Morgan fingerprint density at radius 2 is 1.97 bits per heavy atom. The molecule has 0 aliphatic heterocycles. The first kappa shape index (κ1) is 20.4. The van der Waals surface area contributed by atoms with Gasteiger partial charge >= 0.3 is 0 Å². The summed E-state index contributed by atoms with van der Waals surface area (Å²) in [5.74, 6) is -0.225. The van der Waals surface area contributed by atoms with Crippen molar-refractivity contribution in [2.45, 2.75) is 13.5 Å². The van der Waals surface area contributed by atoms with Crippen molar-refractivity contribution in [3.8, 4) is 6.07 Å². The van der Waals surface area contributed by atoms with E-state index in [1.54, 1.807) is 19.1 Å². The summed E-state index contributed by atoms with van der Waals surface area (Å²) in [5.41, 5.74) is 1.47. The fraction of sp³-hybridized carbons (Fsp3) is 0.158. The van der Waals surface area contributed by atoms with Gasteiger partial charge in [-0.2, -0.15) is 5.26 Å². The van der Waals surface area contributed by atoms with Crippen molar-refractivity contribution in [1.82, 2.24) is 14.7 Å². The van der Waals surface area contributed by atoms with Crippen molar-refractivity contribution >= 4 is 38.2 Å². The number of hydrogen-bond donors (Lipinski definition) is 1. The second-order valence-electron chi connectivity index (χ2n) is 6.19. The number of anilines is 2. The first-order valence-corrected chi connectivity index (χ1v) is 11.1. The van der Waals surface area contributed by atoms with E-state index in [0.29, 0.717) is 27.9 Å². The number of hydrogen-bond acceptors (Lipinski definition) is 8. The molecule has 0 fully saturated rings. The molecule has 8 nitrogen and oxygen atoms in total. The van der Waals surface area contributed by atoms with E-state index in [4.69, 9.17) is 5.26 Å². The van der Waals surface area contributed by atoms with Crippen LogP contribution in [-0.2, 0) is 16.6 Å². The molecule has 0 saturated heterocycles. The number of rotatable bonds is 6. The predicted molar refractivity (Wildman–Crippen MR) is 110 cm³/mol. The molecule has 0 saturated carbocycles. The summed E-state index contributed by atoms with van der Waals surface area (Å²) in [5, 5.41) is 9.49. The topological polar surface area (TPSA) is 116 Å². The predicted octanol–water partition coefficient (Wildman–Crippen LogP) is 2.75. The van der Waals surface area contributed by atoms with Gasteiger partial charge in [-0.25, -0.2) is 23.1 Å². The van der Waals surface area contributed by atoms with Crippen molar-refractivity contribution < 1.29 is 13.2 Å². The molecule has 10 heteroatoms. The summed E-state index contributed by atoms with van der Waals surface area (Å²) in [6, 6.07) is 15.0. The number of pyridine rings is 1. The molecule has 0 spiro atoms. The summed E-state index contributed by atoms with van der Waals surface area (Å²) < 4.78 is 24.7. The summed E-state index contributed by atoms with van der Waals surface area (Å²) in [4.78, 5) is 23.4. The highest BCUT2D eigenvalue weighted by Gasteiger charge is 2.22. The fourth-order valence-electron chi connectivity index (χ4n) is 2.55. The average Bonchev–Trinajstić information content (AvgIpc) is 3.07. The highest BCUT2D eigenvalue weighted by molar-refractivity contribution is 7.89. The zero-order valence-electron chi connectivity index (χ0n) is 15.7. The second-order valence-corrected chi connectivity index (χ2v) is 9.12. The number of nitrogens with one attached hydrogen (secondary N) is 1. The smallest absolute Gasteiger partial charge is 0.284 e. The Hall–Kier alpha value is -3.29. The minimum absolute atomic E-state index is 0.0436. The summed E-state index contributed by atoms with van der Waals surface area (Å²) in [6.07, 6.45) is 2.38. The Kier molecular flexibility index (Phi) is 5.91. The number of thiazole rings is 1. The van der Waals surface area contributed by atoms with Gasteiger partial charge in [0.15, 0.2) is 5.13 Å². The minimum Gasteiger partial charge on any atom is -0.298 e. The number of carbonyl (C=O) groups is 1. The van der Waals surface area contributed by atoms with Crippen LogP contribution < -0.4 is 9.62 Å². The van der Waals surface area contributed by atoms with Crippen LogP contribution in [0.2, 0.25) is 0 Å². The van der Waals surface area contributed by atoms with E-state index >= 15 is 0 Å². The molecule has 1 amide bonds. The monoisotopic (exact) mass is 427 g/mol. The minimum atomic E-state index is -3.70. The molecule has 1 N–H and O–H groups in total. The fourth-order valence-corrected chi connectivity index (χ4v) is 3.90. The van der Waals surface area contributed by atoms with Crippen molar-refractivity contribution in [3.05, 3.63) is 70.4 Å². The quantitative estimate of drug-likeness (QED) is 0.643. The van der Waals surface area contributed by atoms with Crippen LogP contribution in [0.4, 0.5) is 10.9 Å². The Bertz CT molecular complexity index is 1170. The zero-order valence-corrected chi connectivity index (χ0v) is 17.3. The Morgan fingerprint density at radius 1 is 1.24 bits per heavy atom. The Morgan fingerprint density at radius 3 is 2.55 bits per heavy atom. The number of carbonyl (C=O) groups excluding carboxylic acids is 1. The maximum atomic E-state index is 12.3. The molecule has 3 aromatic rings. The van der Waals surface area contributed by atoms with E-state index in [1.165, 1.54) is 17.5 Å². The number of benzene rings is 1. The molecule has 0 aliphatic rings. The van der Waals surface area contributed by atoms with Gasteiger partial charge in [0, 0.05) is 11.1 Å². The van der Waals surface area contributed by atoms with Crippen LogP contribution in [0.15, 0.2) is 48.7 Å². The number of nitriles is 1. The molecule has 0 radical (unpaired) electrons. The standard InChI is InChI=1S/C19H17N5O3S2/c1-13-17(18(25)23-29(2,26)27)22-19(28-13)24(12-14-6-4-3-5-7-14)16-9-8-15(10-20)11-21-16/h3-9,11H,12H2,1-2H3,(H,23,25). The highest BCUT2D eigenvalue weighted by Crippen LogP contribution is 2.32. The number of sulfonamides is 1. The molecule has 29 heavy (non-hydrogen) atoms. The highest BCUT2D eigenvalue weighted by atomic mass is 32.2. The lowest BCUT2D eigenvalue weighted by Crippen LogP contribution is -2.30. The van der Waals surface area contributed by atoms with Gasteiger partial charge in [-0.15, -0.1) is 11.3 Å².